The van der Waals surface area contributed by atoms with Gasteiger partial charge >= 0.3 is 5.97 Å². The van der Waals surface area contributed by atoms with Gasteiger partial charge in [-0.15, -0.1) is 0 Å². The monoisotopic (exact) mass is 349 g/mol. The summed E-state index contributed by atoms with van der Waals surface area (Å²) < 4.78 is 17.7. The summed E-state index contributed by atoms with van der Waals surface area (Å²) in [6.45, 7) is 2.52. The molecule has 0 bridgehead atoms. The highest BCUT2D eigenvalue weighted by Crippen LogP contribution is 2.43. The number of nitro groups is 1. The highest BCUT2D eigenvalue weighted by molar-refractivity contribution is 5.89. The molecule has 1 aliphatic heterocycles. The number of carbonyl (C=O) groups is 1. The van der Waals surface area contributed by atoms with Gasteiger partial charge in [0.05, 0.1) is 17.1 Å². The minimum absolute atomic E-state index is 0.0617. The van der Waals surface area contributed by atoms with Crippen molar-refractivity contribution in [2.75, 3.05) is 13.2 Å². The molecular formula is C18H23NO6. The van der Waals surface area contributed by atoms with Crippen molar-refractivity contribution in [1.82, 2.24) is 0 Å². The fourth-order valence-electron chi connectivity index (χ4n) is 3.40. The van der Waals surface area contributed by atoms with E-state index in [2.05, 4.69) is 0 Å². The zero-order chi connectivity index (χ0) is 17.9. The van der Waals surface area contributed by atoms with Crippen molar-refractivity contribution < 1.29 is 23.9 Å². The lowest BCUT2D eigenvalue weighted by molar-refractivity contribution is -0.384. The third-order valence-corrected chi connectivity index (χ3v) is 5.04. The molecule has 2 fully saturated rings. The number of rotatable bonds is 5. The highest BCUT2D eigenvalue weighted by atomic mass is 16.8. The fraction of sp³-hybridized carbons (Fsp3) is 0.611. The van der Waals surface area contributed by atoms with Crippen LogP contribution in [0.1, 0.15) is 55.8 Å². The van der Waals surface area contributed by atoms with E-state index < -0.39 is 22.3 Å². The number of benzene rings is 1. The predicted molar refractivity (Wildman–Crippen MR) is 89.3 cm³/mol. The van der Waals surface area contributed by atoms with Gasteiger partial charge in [-0.3, -0.25) is 10.1 Å². The molecule has 1 spiro atoms. The lowest BCUT2D eigenvalue weighted by Gasteiger charge is -2.34. The first-order valence-corrected chi connectivity index (χ1v) is 8.73. The van der Waals surface area contributed by atoms with Crippen molar-refractivity contribution in [2.24, 2.45) is 0 Å². The van der Waals surface area contributed by atoms with Crippen LogP contribution in [0.4, 0.5) is 5.69 Å². The van der Waals surface area contributed by atoms with Crippen LogP contribution in [-0.2, 0) is 14.2 Å². The van der Waals surface area contributed by atoms with Crippen LogP contribution in [0.5, 0.6) is 0 Å². The van der Waals surface area contributed by atoms with Gasteiger partial charge in [-0.1, -0.05) is 13.3 Å². The van der Waals surface area contributed by atoms with Gasteiger partial charge in [0.15, 0.2) is 5.79 Å². The minimum Gasteiger partial charge on any atom is -0.459 e. The van der Waals surface area contributed by atoms with Crippen LogP contribution < -0.4 is 0 Å². The van der Waals surface area contributed by atoms with Gasteiger partial charge in [0.2, 0.25) is 0 Å². The van der Waals surface area contributed by atoms with Gasteiger partial charge < -0.3 is 14.2 Å². The van der Waals surface area contributed by atoms with Crippen molar-refractivity contribution >= 4 is 11.7 Å². The Morgan fingerprint density at radius 1 is 1.24 bits per heavy atom. The standard InChI is InChI=1S/C18H23NO6/c1-2-17(13-24-18(25-17)10-4-3-5-11-18)12-23-16(20)14-6-8-15(9-7-14)19(21)22/h6-9H,2-5,10-13H2,1H3/t17-/m1/s1. The average molecular weight is 349 g/mol. The fourth-order valence-corrected chi connectivity index (χ4v) is 3.40. The Balaban J connectivity index is 1.61. The van der Waals surface area contributed by atoms with Crippen molar-refractivity contribution in [3.8, 4) is 0 Å². The first-order chi connectivity index (χ1) is 12.0. The van der Waals surface area contributed by atoms with Crippen molar-refractivity contribution in [3.63, 3.8) is 0 Å². The number of hydrogen-bond acceptors (Lipinski definition) is 6. The normalized spacial score (nSPS) is 25.0. The molecule has 1 saturated heterocycles. The van der Waals surface area contributed by atoms with Crippen LogP contribution in [-0.4, -0.2) is 35.5 Å². The van der Waals surface area contributed by atoms with Crippen LogP contribution >= 0.6 is 0 Å². The maximum absolute atomic E-state index is 12.2. The molecule has 0 unspecified atom stereocenters. The maximum Gasteiger partial charge on any atom is 0.338 e. The molecule has 0 N–H and O–H groups in total. The summed E-state index contributed by atoms with van der Waals surface area (Å²) in [6.07, 6.45) is 5.81. The van der Waals surface area contributed by atoms with Crippen LogP contribution in [0.25, 0.3) is 0 Å². The largest absolute Gasteiger partial charge is 0.459 e. The summed E-state index contributed by atoms with van der Waals surface area (Å²) in [6, 6.07) is 5.37. The van der Waals surface area contributed by atoms with Gasteiger partial charge in [0.25, 0.3) is 5.69 Å². The Labute approximate surface area is 146 Å². The summed E-state index contributed by atoms with van der Waals surface area (Å²) in [4.78, 5) is 22.4. The Hall–Kier alpha value is -1.99. The maximum atomic E-state index is 12.2. The molecule has 3 rings (SSSR count). The van der Waals surface area contributed by atoms with Crippen LogP contribution in [0.15, 0.2) is 24.3 Å². The second-order valence-electron chi connectivity index (χ2n) is 6.78. The Morgan fingerprint density at radius 2 is 1.92 bits per heavy atom. The number of nitro benzene ring substituents is 1. The van der Waals surface area contributed by atoms with Crippen LogP contribution in [0.3, 0.4) is 0 Å². The van der Waals surface area contributed by atoms with E-state index in [9.17, 15) is 14.9 Å². The summed E-state index contributed by atoms with van der Waals surface area (Å²) in [5, 5.41) is 10.7. The van der Waals surface area contributed by atoms with Gasteiger partial charge in [-0.05, 0) is 31.4 Å². The molecular weight excluding hydrogens is 326 g/mol. The third-order valence-electron chi connectivity index (χ3n) is 5.04. The number of hydrogen-bond donors (Lipinski definition) is 0. The smallest absolute Gasteiger partial charge is 0.338 e. The Kier molecular flexibility index (Phi) is 5.06. The summed E-state index contributed by atoms with van der Waals surface area (Å²) in [5.41, 5.74) is -0.398. The summed E-state index contributed by atoms with van der Waals surface area (Å²) in [5.74, 6) is -1.04. The molecule has 136 valence electrons. The molecule has 0 aromatic heterocycles. The van der Waals surface area contributed by atoms with Crippen molar-refractivity contribution in [2.45, 2.75) is 56.8 Å². The molecule has 1 heterocycles. The van der Waals surface area contributed by atoms with Gasteiger partial charge in [0, 0.05) is 25.0 Å². The van der Waals surface area contributed by atoms with E-state index in [4.69, 9.17) is 14.2 Å². The molecule has 0 amide bonds. The molecule has 1 atom stereocenters. The number of ether oxygens (including phenoxy) is 3. The number of non-ortho nitro benzene ring substituents is 1. The molecule has 25 heavy (non-hydrogen) atoms. The van der Waals surface area contributed by atoms with Crippen molar-refractivity contribution in [3.05, 3.63) is 39.9 Å². The molecule has 7 heteroatoms. The van der Waals surface area contributed by atoms with Gasteiger partial charge in [-0.25, -0.2) is 4.79 Å². The van der Waals surface area contributed by atoms with E-state index in [0.717, 1.165) is 25.7 Å². The molecule has 1 aromatic carbocycles. The van der Waals surface area contributed by atoms with E-state index >= 15 is 0 Å². The van der Waals surface area contributed by atoms with E-state index in [1.807, 2.05) is 6.92 Å². The first kappa shape index (κ1) is 17.8. The molecule has 2 aliphatic rings. The van der Waals surface area contributed by atoms with Gasteiger partial charge in [-0.2, -0.15) is 0 Å². The summed E-state index contributed by atoms with van der Waals surface area (Å²) in [7, 11) is 0. The van der Waals surface area contributed by atoms with Crippen LogP contribution in [0.2, 0.25) is 0 Å². The van der Waals surface area contributed by atoms with E-state index in [-0.39, 0.29) is 17.9 Å². The van der Waals surface area contributed by atoms with E-state index in [1.165, 1.54) is 30.7 Å². The lowest BCUT2D eigenvalue weighted by Crippen LogP contribution is -2.41. The Morgan fingerprint density at radius 3 is 2.52 bits per heavy atom. The topological polar surface area (TPSA) is 87.9 Å². The number of nitrogens with zero attached hydrogens (tertiary/aromatic N) is 1. The average Bonchev–Trinajstić information content (AvgIpc) is 2.99. The SMILES string of the molecule is CC[C@@]1(COC(=O)c2ccc([N+](=O)[O-])cc2)COC2(CCCCC2)O1. The molecule has 1 aliphatic carbocycles. The zero-order valence-electron chi connectivity index (χ0n) is 14.4. The van der Waals surface area contributed by atoms with Crippen molar-refractivity contribution in [1.29, 1.82) is 0 Å². The number of esters is 1. The highest BCUT2D eigenvalue weighted by Gasteiger charge is 2.50. The van der Waals surface area contributed by atoms with Crippen LogP contribution in [0, 0.1) is 10.1 Å². The molecule has 0 radical (unpaired) electrons. The lowest BCUT2D eigenvalue weighted by atomic mass is 9.94. The molecule has 1 saturated carbocycles. The second kappa shape index (κ2) is 7.09. The molecule has 7 nitrogen and oxygen atoms in total. The third kappa shape index (κ3) is 3.82. The quantitative estimate of drug-likeness (QED) is 0.458. The van der Waals surface area contributed by atoms with E-state index in [1.54, 1.807) is 0 Å². The first-order valence-electron chi connectivity index (χ1n) is 8.73. The molecule has 1 aromatic rings. The number of carbonyl (C=O) groups excluding carboxylic acids is 1. The Bertz CT molecular complexity index is 637. The summed E-state index contributed by atoms with van der Waals surface area (Å²) >= 11 is 0. The second-order valence-corrected chi connectivity index (χ2v) is 6.78. The van der Waals surface area contributed by atoms with Gasteiger partial charge in [0.1, 0.15) is 12.2 Å². The van der Waals surface area contributed by atoms with E-state index in [0.29, 0.717) is 13.0 Å². The predicted octanol–water partition coefficient (Wildman–Crippen LogP) is 3.61. The zero-order valence-corrected chi connectivity index (χ0v) is 14.4. The minimum atomic E-state index is -0.617.